The van der Waals surface area contributed by atoms with E-state index in [1.54, 1.807) is 0 Å². The minimum Gasteiger partial charge on any atom is -0.465 e. The maximum absolute atomic E-state index is 13.5. The number of anilines is 2. The largest absolute Gasteiger partial charge is 0.465 e. The van der Waals surface area contributed by atoms with Crippen molar-refractivity contribution in [3.63, 3.8) is 0 Å². The predicted molar refractivity (Wildman–Crippen MR) is 107 cm³/mol. The number of nitrogens with zero attached hydrogens (tertiary/aromatic N) is 4. The first kappa shape index (κ1) is 22.9. The van der Waals surface area contributed by atoms with E-state index in [9.17, 15) is 33.1 Å². The Morgan fingerprint density at radius 3 is 2.50 bits per heavy atom. The number of alkyl halides is 2. The SMILES string of the molecule is N#C[C@H]1C(C(CF)CF)N(C(=O)O)CC[C@@H]1n1cc(C(N)=O)c(Nc2ccc(F)cc2)n1. The summed E-state index contributed by atoms with van der Waals surface area (Å²) >= 11 is 0. The average Bonchev–Trinajstić information content (AvgIpc) is 3.19. The first-order valence-electron chi connectivity index (χ1n) is 9.73. The van der Waals surface area contributed by atoms with E-state index in [1.165, 1.54) is 35.1 Å². The number of nitriles is 1. The normalized spacial score (nSPS) is 20.7. The lowest BCUT2D eigenvalue weighted by Gasteiger charge is -2.43. The van der Waals surface area contributed by atoms with E-state index >= 15 is 0 Å². The van der Waals surface area contributed by atoms with Crippen molar-refractivity contribution in [3.05, 3.63) is 41.8 Å². The number of halogens is 3. The number of amides is 2. The molecule has 0 bridgehead atoms. The molecule has 2 heterocycles. The molecule has 1 aliphatic heterocycles. The van der Waals surface area contributed by atoms with Crippen LogP contribution < -0.4 is 11.1 Å². The van der Waals surface area contributed by atoms with E-state index < -0.39 is 55.1 Å². The maximum atomic E-state index is 13.5. The Hall–Kier alpha value is -3.75. The first-order chi connectivity index (χ1) is 15.3. The Morgan fingerprint density at radius 2 is 1.97 bits per heavy atom. The third kappa shape index (κ3) is 4.46. The molecule has 12 heteroatoms. The Morgan fingerprint density at radius 1 is 1.31 bits per heavy atom. The van der Waals surface area contributed by atoms with E-state index in [-0.39, 0.29) is 24.3 Å². The molecule has 0 aliphatic carbocycles. The average molecular weight is 450 g/mol. The molecule has 1 aromatic carbocycles. The summed E-state index contributed by atoms with van der Waals surface area (Å²) in [5.74, 6) is -3.68. The molecule has 2 amide bonds. The number of nitrogens with one attached hydrogen (secondary N) is 1. The van der Waals surface area contributed by atoms with Crippen LogP contribution in [-0.4, -0.2) is 57.7 Å². The van der Waals surface area contributed by atoms with Crippen LogP contribution in [0.3, 0.4) is 0 Å². The van der Waals surface area contributed by atoms with Gasteiger partial charge in [0, 0.05) is 24.3 Å². The molecule has 1 aliphatic rings. The molecule has 0 saturated carbocycles. The molecule has 1 fully saturated rings. The lowest BCUT2D eigenvalue weighted by Crippen LogP contribution is -2.55. The molecule has 3 atom stereocenters. The fraction of sp³-hybridized carbons (Fsp3) is 0.400. The minimum atomic E-state index is -1.38. The Kier molecular flexibility index (Phi) is 6.87. The van der Waals surface area contributed by atoms with Crippen LogP contribution in [0.15, 0.2) is 30.5 Å². The fourth-order valence-corrected chi connectivity index (χ4v) is 3.98. The number of benzene rings is 1. The van der Waals surface area contributed by atoms with Gasteiger partial charge in [0.15, 0.2) is 5.82 Å². The smallest absolute Gasteiger partial charge is 0.407 e. The van der Waals surface area contributed by atoms with Gasteiger partial charge < -0.3 is 21.1 Å². The van der Waals surface area contributed by atoms with Gasteiger partial charge in [0.05, 0.1) is 37.4 Å². The summed E-state index contributed by atoms with van der Waals surface area (Å²) < 4.78 is 41.4. The molecule has 0 spiro atoms. The summed E-state index contributed by atoms with van der Waals surface area (Å²) in [6, 6.07) is 5.23. The van der Waals surface area contributed by atoms with Crippen molar-refractivity contribution >= 4 is 23.5 Å². The second kappa shape index (κ2) is 9.59. The highest BCUT2D eigenvalue weighted by atomic mass is 19.1. The topological polar surface area (TPSA) is 137 Å². The molecule has 2 aromatic rings. The molecular weight excluding hydrogens is 429 g/mol. The van der Waals surface area contributed by atoms with Crippen LogP contribution in [0.2, 0.25) is 0 Å². The minimum absolute atomic E-state index is 0.0178. The number of hydrogen-bond acceptors (Lipinski definition) is 5. The number of nitrogens with two attached hydrogens (primary N) is 1. The van der Waals surface area contributed by atoms with Crippen molar-refractivity contribution in [2.24, 2.45) is 17.6 Å². The molecule has 170 valence electrons. The van der Waals surface area contributed by atoms with Gasteiger partial charge in [-0.05, 0) is 30.7 Å². The van der Waals surface area contributed by atoms with Crippen molar-refractivity contribution in [3.8, 4) is 6.07 Å². The number of carbonyl (C=O) groups excluding carboxylic acids is 1. The van der Waals surface area contributed by atoms with Gasteiger partial charge in [-0.2, -0.15) is 10.4 Å². The second-order valence-electron chi connectivity index (χ2n) is 7.41. The van der Waals surface area contributed by atoms with Crippen LogP contribution in [0.1, 0.15) is 22.8 Å². The van der Waals surface area contributed by atoms with E-state index in [4.69, 9.17) is 5.73 Å². The van der Waals surface area contributed by atoms with Gasteiger partial charge >= 0.3 is 6.09 Å². The van der Waals surface area contributed by atoms with Gasteiger partial charge in [-0.1, -0.05) is 0 Å². The summed E-state index contributed by atoms with van der Waals surface area (Å²) in [5.41, 5.74) is 5.84. The van der Waals surface area contributed by atoms with Crippen LogP contribution in [0, 0.1) is 29.0 Å². The number of hydrogen-bond donors (Lipinski definition) is 3. The maximum Gasteiger partial charge on any atom is 0.407 e. The molecule has 9 nitrogen and oxygen atoms in total. The third-order valence-electron chi connectivity index (χ3n) is 5.53. The molecule has 0 radical (unpaired) electrons. The lowest BCUT2D eigenvalue weighted by atomic mass is 9.79. The van der Waals surface area contributed by atoms with Crippen molar-refractivity contribution in [2.75, 3.05) is 25.2 Å². The zero-order valence-electron chi connectivity index (χ0n) is 16.8. The monoisotopic (exact) mass is 450 g/mol. The molecule has 4 N–H and O–H groups in total. The highest BCUT2D eigenvalue weighted by Gasteiger charge is 2.46. The van der Waals surface area contributed by atoms with Gasteiger partial charge in [0.25, 0.3) is 5.91 Å². The quantitative estimate of drug-likeness (QED) is 0.593. The highest BCUT2D eigenvalue weighted by Crippen LogP contribution is 2.37. The van der Waals surface area contributed by atoms with Crippen molar-refractivity contribution < 1.29 is 27.9 Å². The zero-order chi connectivity index (χ0) is 23.4. The number of carbonyl (C=O) groups is 2. The lowest BCUT2D eigenvalue weighted by molar-refractivity contribution is 0.0256. The number of primary amides is 1. The van der Waals surface area contributed by atoms with Gasteiger partial charge in [0.2, 0.25) is 0 Å². The number of likely N-dealkylation sites (tertiary alicyclic amines) is 1. The Balaban J connectivity index is 1.98. The Bertz CT molecular complexity index is 1020. The molecule has 32 heavy (non-hydrogen) atoms. The molecule has 1 aromatic heterocycles. The summed E-state index contributed by atoms with van der Waals surface area (Å²) in [6.07, 6.45) is 0.0521. The number of carboxylic acid groups (broad SMARTS) is 1. The summed E-state index contributed by atoms with van der Waals surface area (Å²) in [5, 5.41) is 26.4. The van der Waals surface area contributed by atoms with E-state index in [2.05, 4.69) is 10.4 Å². The molecular formula is C20H21F3N6O3. The zero-order valence-corrected chi connectivity index (χ0v) is 16.8. The highest BCUT2D eigenvalue weighted by molar-refractivity contribution is 5.98. The standard InChI is InChI=1S/C20H21F3N6O3/c21-7-11(8-22)17-14(9-24)16(5-6-28(17)20(31)32)29-10-15(18(25)30)19(27-29)26-13-3-1-12(23)2-4-13/h1-4,10-11,14,16-17H,5-8H2,(H2,25,30)(H,26,27)(H,31,32)/t14-,16+,17?/m1/s1. The van der Waals surface area contributed by atoms with Crippen LogP contribution in [0.5, 0.6) is 0 Å². The summed E-state index contributed by atoms with van der Waals surface area (Å²) in [7, 11) is 0. The number of aromatic nitrogens is 2. The van der Waals surface area contributed by atoms with Crippen LogP contribution in [-0.2, 0) is 0 Å². The summed E-state index contributed by atoms with van der Waals surface area (Å²) in [6.45, 7) is -2.36. The second-order valence-corrected chi connectivity index (χ2v) is 7.41. The summed E-state index contributed by atoms with van der Waals surface area (Å²) in [4.78, 5) is 24.4. The van der Waals surface area contributed by atoms with Crippen molar-refractivity contribution in [2.45, 2.75) is 18.5 Å². The van der Waals surface area contributed by atoms with Crippen molar-refractivity contribution in [1.29, 1.82) is 5.26 Å². The molecule has 1 saturated heterocycles. The van der Waals surface area contributed by atoms with Crippen molar-refractivity contribution in [1.82, 2.24) is 14.7 Å². The fourth-order valence-electron chi connectivity index (χ4n) is 3.98. The van der Waals surface area contributed by atoms with Crippen LogP contribution in [0.25, 0.3) is 0 Å². The predicted octanol–water partition coefficient (Wildman–Crippen LogP) is 2.85. The van der Waals surface area contributed by atoms with Gasteiger partial charge in [-0.3, -0.25) is 18.3 Å². The third-order valence-corrected chi connectivity index (χ3v) is 5.53. The van der Waals surface area contributed by atoms with Gasteiger partial charge in [-0.15, -0.1) is 0 Å². The van der Waals surface area contributed by atoms with Crippen LogP contribution in [0.4, 0.5) is 29.5 Å². The number of piperidine rings is 1. The van der Waals surface area contributed by atoms with Crippen LogP contribution >= 0.6 is 0 Å². The van der Waals surface area contributed by atoms with E-state index in [0.29, 0.717) is 5.69 Å². The molecule has 1 unspecified atom stereocenters. The first-order valence-corrected chi connectivity index (χ1v) is 9.73. The van der Waals surface area contributed by atoms with Gasteiger partial charge in [0.1, 0.15) is 11.4 Å². The van der Waals surface area contributed by atoms with Gasteiger partial charge in [-0.25, -0.2) is 9.18 Å². The van der Waals surface area contributed by atoms with E-state index in [1.807, 2.05) is 6.07 Å². The number of rotatable bonds is 7. The Labute approximate surface area is 181 Å². The molecule has 3 rings (SSSR count). The van der Waals surface area contributed by atoms with E-state index in [0.717, 1.165) is 4.90 Å².